The topological polar surface area (TPSA) is 50.4 Å². The lowest BCUT2D eigenvalue weighted by Crippen LogP contribution is -2.55. The Kier molecular flexibility index (Phi) is 7.14. The number of benzene rings is 2. The smallest absolute Gasteiger partial charge is 0.407 e. The largest absolute Gasteiger partial charge is 0.444 e. The van der Waals surface area contributed by atoms with Crippen molar-refractivity contribution in [3.05, 3.63) is 71.5 Å². The van der Waals surface area contributed by atoms with Crippen molar-refractivity contribution in [2.24, 2.45) is 0 Å². The molecule has 4 nitrogen and oxygen atoms in total. The summed E-state index contributed by atoms with van der Waals surface area (Å²) in [5, 5.41) is 6.75. The minimum absolute atomic E-state index is 0.0105. The van der Waals surface area contributed by atoms with E-state index in [9.17, 15) is 9.18 Å². The van der Waals surface area contributed by atoms with Crippen molar-refractivity contribution < 1.29 is 13.9 Å². The van der Waals surface area contributed by atoms with Crippen LogP contribution in [0.5, 0.6) is 0 Å². The number of carbonyl (C=O) groups excluding carboxylic acids is 1. The van der Waals surface area contributed by atoms with Crippen LogP contribution >= 0.6 is 0 Å². The summed E-state index contributed by atoms with van der Waals surface area (Å²) in [5.74, 6) is -0.180. The Morgan fingerprint density at radius 1 is 1.13 bits per heavy atom. The normalized spacial score (nSPS) is 21.8. The van der Waals surface area contributed by atoms with E-state index in [0.29, 0.717) is 18.5 Å². The second-order valence-electron chi connectivity index (χ2n) is 9.33. The lowest BCUT2D eigenvalue weighted by atomic mass is 9.75. The van der Waals surface area contributed by atoms with Gasteiger partial charge >= 0.3 is 6.09 Å². The summed E-state index contributed by atoms with van der Waals surface area (Å²) in [7, 11) is 0. The molecule has 5 heteroatoms. The Morgan fingerprint density at radius 3 is 2.53 bits per heavy atom. The van der Waals surface area contributed by atoms with Crippen molar-refractivity contribution in [2.45, 2.75) is 76.6 Å². The van der Waals surface area contributed by atoms with Gasteiger partial charge in [0.05, 0.1) is 0 Å². The van der Waals surface area contributed by atoms with Gasteiger partial charge in [-0.3, -0.25) is 0 Å². The fraction of sp³-hybridized carbons (Fsp3) is 0.480. The average Bonchev–Trinajstić information content (AvgIpc) is 2.68. The molecule has 0 radical (unpaired) electrons. The van der Waals surface area contributed by atoms with Gasteiger partial charge in [0.2, 0.25) is 0 Å². The average molecular weight is 413 g/mol. The third kappa shape index (κ3) is 6.56. The number of nitrogens with one attached hydrogen (secondary N) is 2. The van der Waals surface area contributed by atoms with Crippen molar-refractivity contribution >= 4 is 6.09 Å². The van der Waals surface area contributed by atoms with Gasteiger partial charge < -0.3 is 15.4 Å². The van der Waals surface area contributed by atoms with E-state index in [1.807, 2.05) is 51.1 Å². The number of hydrogen-bond acceptors (Lipinski definition) is 3. The highest BCUT2D eigenvalue weighted by Crippen LogP contribution is 2.33. The lowest BCUT2D eigenvalue weighted by molar-refractivity contribution is 0.0472. The SMILES string of the molecule is CC(C)(C)OC(=O)NC1CCCC(Cc2ccccc2F)(NCc2ccccc2)C1. The Labute approximate surface area is 179 Å². The van der Waals surface area contributed by atoms with Crippen LogP contribution in [0.15, 0.2) is 54.6 Å². The summed E-state index contributed by atoms with van der Waals surface area (Å²) in [4.78, 5) is 12.3. The first kappa shape index (κ1) is 22.3. The summed E-state index contributed by atoms with van der Waals surface area (Å²) in [5.41, 5.74) is 1.06. The molecule has 3 rings (SSSR count). The van der Waals surface area contributed by atoms with Crippen LogP contribution < -0.4 is 10.6 Å². The molecule has 1 fully saturated rings. The highest BCUT2D eigenvalue weighted by molar-refractivity contribution is 5.68. The van der Waals surface area contributed by atoms with E-state index in [1.54, 1.807) is 6.07 Å². The monoisotopic (exact) mass is 412 g/mol. The van der Waals surface area contributed by atoms with Crippen molar-refractivity contribution in [1.29, 1.82) is 0 Å². The fourth-order valence-corrected chi connectivity index (χ4v) is 4.24. The molecule has 2 aromatic carbocycles. The third-order valence-electron chi connectivity index (χ3n) is 5.56. The van der Waals surface area contributed by atoms with Crippen molar-refractivity contribution in [1.82, 2.24) is 10.6 Å². The van der Waals surface area contributed by atoms with Crippen molar-refractivity contribution in [3.63, 3.8) is 0 Å². The predicted molar refractivity (Wildman–Crippen MR) is 118 cm³/mol. The first-order chi connectivity index (χ1) is 14.2. The van der Waals surface area contributed by atoms with Crippen LogP contribution in [-0.2, 0) is 17.7 Å². The van der Waals surface area contributed by atoms with Gasteiger partial charge in [-0.15, -0.1) is 0 Å². The van der Waals surface area contributed by atoms with Gasteiger partial charge in [0, 0.05) is 18.1 Å². The molecule has 1 aliphatic carbocycles. The second kappa shape index (κ2) is 9.61. The van der Waals surface area contributed by atoms with E-state index in [4.69, 9.17) is 4.74 Å². The van der Waals surface area contributed by atoms with Crippen LogP contribution in [0, 0.1) is 5.82 Å². The van der Waals surface area contributed by atoms with Crippen LogP contribution in [-0.4, -0.2) is 23.3 Å². The summed E-state index contributed by atoms with van der Waals surface area (Å²) in [6, 6.07) is 17.2. The standard InChI is InChI=1S/C25H33FN2O2/c1-24(2,3)30-23(29)28-21-13-9-15-25(17-21,16-20-12-7-8-14-22(20)26)27-18-19-10-5-4-6-11-19/h4-8,10-12,14,21,27H,9,13,15-18H2,1-3H3,(H,28,29). The first-order valence-corrected chi connectivity index (χ1v) is 10.8. The Balaban J connectivity index is 1.75. The van der Waals surface area contributed by atoms with E-state index < -0.39 is 11.7 Å². The van der Waals surface area contributed by atoms with Crippen molar-refractivity contribution in [2.75, 3.05) is 0 Å². The number of rotatable bonds is 6. The summed E-state index contributed by atoms with van der Waals surface area (Å²) in [6.07, 6.45) is 3.70. The number of carbonyl (C=O) groups is 1. The van der Waals surface area contributed by atoms with Crippen LogP contribution in [0.2, 0.25) is 0 Å². The van der Waals surface area contributed by atoms with Crippen LogP contribution in [0.1, 0.15) is 57.6 Å². The lowest BCUT2D eigenvalue weighted by Gasteiger charge is -2.42. The van der Waals surface area contributed by atoms with Gasteiger partial charge in [-0.2, -0.15) is 0 Å². The fourth-order valence-electron chi connectivity index (χ4n) is 4.24. The number of hydrogen-bond donors (Lipinski definition) is 2. The molecule has 1 aliphatic rings. The molecule has 0 bridgehead atoms. The van der Waals surface area contributed by atoms with Gasteiger partial charge in [0.15, 0.2) is 0 Å². The minimum atomic E-state index is -0.533. The molecule has 1 amide bonds. The number of halogens is 1. The van der Waals surface area contributed by atoms with E-state index in [0.717, 1.165) is 25.7 Å². The number of ether oxygens (including phenoxy) is 1. The van der Waals surface area contributed by atoms with E-state index in [-0.39, 0.29) is 17.4 Å². The van der Waals surface area contributed by atoms with E-state index >= 15 is 0 Å². The molecule has 0 spiro atoms. The molecule has 0 aliphatic heterocycles. The molecule has 2 atom stereocenters. The maximum Gasteiger partial charge on any atom is 0.407 e. The molecular formula is C25H33FN2O2. The molecule has 2 N–H and O–H groups in total. The molecule has 30 heavy (non-hydrogen) atoms. The van der Waals surface area contributed by atoms with Crippen molar-refractivity contribution in [3.8, 4) is 0 Å². The third-order valence-corrected chi connectivity index (χ3v) is 5.56. The molecule has 2 unspecified atom stereocenters. The van der Waals surface area contributed by atoms with E-state index in [2.05, 4.69) is 22.8 Å². The Morgan fingerprint density at radius 2 is 1.83 bits per heavy atom. The number of amides is 1. The Hall–Kier alpha value is -2.40. The van der Waals surface area contributed by atoms with Gasteiger partial charge in [-0.25, -0.2) is 9.18 Å². The van der Waals surface area contributed by atoms with Crippen LogP contribution in [0.25, 0.3) is 0 Å². The maximum atomic E-state index is 14.5. The molecule has 0 heterocycles. The van der Waals surface area contributed by atoms with Crippen LogP contribution in [0.4, 0.5) is 9.18 Å². The van der Waals surface area contributed by atoms with Gasteiger partial charge in [-0.1, -0.05) is 48.5 Å². The zero-order valence-corrected chi connectivity index (χ0v) is 18.2. The molecule has 1 saturated carbocycles. The molecule has 0 saturated heterocycles. The molecule has 162 valence electrons. The molecule has 0 aromatic heterocycles. The maximum absolute atomic E-state index is 14.5. The van der Waals surface area contributed by atoms with Gasteiger partial charge in [-0.05, 0) is 70.1 Å². The second-order valence-corrected chi connectivity index (χ2v) is 9.33. The summed E-state index contributed by atoms with van der Waals surface area (Å²) in [6.45, 7) is 6.28. The summed E-state index contributed by atoms with van der Waals surface area (Å²) < 4.78 is 19.9. The highest BCUT2D eigenvalue weighted by Gasteiger charge is 2.37. The predicted octanol–water partition coefficient (Wildman–Crippen LogP) is 5.36. The van der Waals surface area contributed by atoms with Gasteiger partial charge in [0.25, 0.3) is 0 Å². The molecular weight excluding hydrogens is 379 g/mol. The first-order valence-electron chi connectivity index (χ1n) is 10.8. The minimum Gasteiger partial charge on any atom is -0.444 e. The zero-order chi connectivity index (χ0) is 21.6. The highest BCUT2D eigenvalue weighted by atomic mass is 19.1. The summed E-state index contributed by atoms with van der Waals surface area (Å²) >= 11 is 0. The zero-order valence-electron chi connectivity index (χ0n) is 18.2. The van der Waals surface area contributed by atoms with E-state index in [1.165, 1.54) is 11.6 Å². The molecule has 2 aromatic rings. The Bertz CT molecular complexity index is 835. The quantitative estimate of drug-likeness (QED) is 0.671. The van der Waals surface area contributed by atoms with Gasteiger partial charge in [0.1, 0.15) is 11.4 Å². The number of alkyl carbamates (subject to hydrolysis) is 1. The van der Waals surface area contributed by atoms with Crippen LogP contribution in [0.3, 0.4) is 0 Å².